The number of benzene rings is 2. The highest BCUT2D eigenvalue weighted by atomic mass is 19.1. The van der Waals surface area contributed by atoms with Crippen LogP contribution in [0.15, 0.2) is 59.8 Å². The molecule has 4 amide bonds. The number of amides is 4. The molecular formula is C21H22F2N4O3. The molecule has 0 bridgehead atoms. The van der Waals surface area contributed by atoms with Crippen molar-refractivity contribution in [3.63, 3.8) is 0 Å². The van der Waals surface area contributed by atoms with Crippen LogP contribution in [0.2, 0.25) is 0 Å². The van der Waals surface area contributed by atoms with Gasteiger partial charge in [-0.05, 0) is 25.1 Å². The van der Waals surface area contributed by atoms with Crippen LogP contribution in [0.5, 0.6) is 0 Å². The summed E-state index contributed by atoms with van der Waals surface area (Å²) >= 11 is 0. The first-order valence-corrected chi connectivity index (χ1v) is 8.94. The van der Waals surface area contributed by atoms with Crippen LogP contribution in [-0.2, 0) is 9.59 Å². The highest BCUT2D eigenvalue weighted by Gasteiger charge is 2.32. The molecule has 3 rings (SSSR count). The molecule has 0 radical (unpaired) electrons. The summed E-state index contributed by atoms with van der Waals surface area (Å²) in [4.78, 5) is 35.3. The maximum atomic E-state index is 14.2. The van der Waals surface area contributed by atoms with E-state index in [0.29, 0.717) is 17.5 Å². The van der Waals surface area contributed by atoms with E-state index in [2.05, 4.69) is 16.0 Å². The Morgan fingerprint density at radius 2 is 1.77 bits per heavy atom. The van der Waals surface area contributed by atoms with Crippen LogP contribution >= 0.6 is 0 Å². The molecule has 3 N–H and O–H groups in total. The summed E-state index contributed by atoms with van der Waals surface area (Å²) < 4.78 is 27.4. The number of para-hydroxylation sites is 1. The summed E-state index contributed by atoms with van der Waals surface area (Å²) in [6.07, 6.45) is 0.750. The van der Waals surface area contributed by atoms with Crippen LogP contribution in [0.4, 0.5) is 19.3 Å². The van der Waals surface area contributed by atoms with Gasteiger partial charge in [0.2, 0.25) is 6.41 Å². The van der Waals surface area contributed by atoms with Crippen LogP contribution in [0.3, 0.4) is 0 Å². The molecule has 0 aromatic heterocycles. The van der Waals surface area contributed by atoms with Gasteiger partial charge in [0, 0.05) is 37.1 Å². The monoisotopic (exact) mass is 416 g/mol. The largest absolute Gasteiger partial charge is 0.351 e. The molecule has 1 aliphatic heterocycles. The minimum absolute atomic E-state index is 0.00816. The highest BCUT2D eigenvalue weighted by molar-refractivity contribution is 6.06. The number of hydrogen-bond donors (Lipinski definition) is 3. The van der Waals surface area contributed by atoms with Crippen molar-refractivity contribution < 1.29 is 23.2 Å². The lowest BCUT2D eigenvalue weighted by molar-refractivity contribution is -0.116. The minimum atomic E-state index is -1.03. The first-order chi connectivity index (χ1) is 14.2. The van der Waals surface area contributed by atoms with Crippen molar-refractivity contribution in [1.82, 2.24) is 15.5 Å². The SMILES string of the molecule is CC1=C(C(=O)Nc2ccccc2)C(c2ccc(F)cc2F)NC(=O)N1.CN(C)C=O. The van der Waals surface area contributed by atoms with Crippen molar-refractivity contribution in [1.29, 1.82) is 0 Å². The topological polar surface area (TPSA) is 90.5 Å². The van der Waals surface area contributed by atoms with Gasteiger partial charge < -0.3 is 20.9 Å². The molecule has 0 saturated heterocycles. The Kier molecular flexibility index (Phi) is 7.62. The quantitative estimate of drug-likeness (QED) is 0.670. The fourth-order valence-electron chi connectivity index (χ4n) is 2.68. The molecule has 2 aromatic carbocycles. The molecule has 0 fully saturated rings. The van der Waals surface area contributed by atoms with E-state index >= 15 is 0 Å². The predicted molar refractivity (Wildman–Crippen MR) is 108 cm³/mol. The van der Waals surface area contributed by atoms with Crippen molar-refractivity contribution in [2.24, 2.45) is 0 Å². The third-order valence-corrected chi connectivity index (χ3v) is 4.03. The molecule has 7 nitrogen and oxygen atoms in total. The Morgan fingerprint density at radius 1 is 1.13 bits per heavy atom. The molecule has 2 aromatic rings. The van der Waals surface area contributed by atoms with Crippen LogP contribution in [0, 0.1) is 11.6 Å². The fourth-order valence-corrected chi connectivity index (χ4v) is 2.68. The first kappa shape index (κ1) is 22.5. The van der Waals surface area contributed by atoms with Crippen molar-refractivity contribution in [2.45, 2.75) is 13.0 Å². The lowest BCUT2D eigenvalue weighted by atomic mass is 9.94. The van der Waals surface area contributed by atoms with E-state index in [9.17, 15) is 23.2 Å². The van der Waals surface area contributed by atoms with Gasteiger partial charge in [-0.15, -0.1) is 0 Å². The Balaban J connectivity index is 0.000000575. The Bertz CT molecular complexity index is 962. The lowest BCUT2D eigenvalue weighted by Crippen LogP contribution is -2.46. The molecule has 1 atom stereocenters. The molecule has 0 aliphatic carbocycles. The zero-order valence-electron chi connectivity index (χ0n) is 16.7. The number of nitrogens with one attached hydrogen (secondary N) is 3. The number of anilines is 1. The number of halogens is 2. The van der Waals surface area contributed by atoms with E-state index in [4.69, 9.17) is 0 Å². The third-order valence-electron chi connectivity index (χ3n) is 4.03. The van der Waals surface area contributed by atoms with E-state index < -0.39 is 29.6 Å². The van der Waals surface area contributed by atoms with Gasteiger partial charge >= 0.3 is 6.03 Å². The van der Waals surface area contributed by atoms with Gasteiger partial charge in [0.05, 0.1) is 11.6 Å². The zero-order valence-corrected chi connectivity index (χ0v) is 16.7. The van der Waals surface area contributed by atoms with E-state index in [-0.39, 0.29) is 11.1 Å². The normalized spacial score (nSPS) is 15.2. The average molecular weight is 416 g/mol. The Morgan fingerprint density at radius 3 is 2.33 bits per heavy atom. The van der Waals surface area contributed by atoms with Gasteiger partial charge in [0.1, 0.15) is 11.6 Å². The molecule has 30 heavy (non-hydrogen) atoms. The summed E-state index contributed by atoms with van der Waals surface area (Å²) in [7, 11) is 3.38. The maximum Gasteiger partial charge on any atom is 0.319 e. The van der Waals surface area contributed by atoms with E-state index in [1.54, 1.807) is 51.4 Å². The van der Waals surface area contributed by atoms with Crippen LogP contribution < -0.4 is 16.0 Å². The van der Waals surface area contributed by atoms with Crippen molar-refractivity contribution >= 4 is 24.0 Å². The standard InChI is InChI=1S/C18H15F2N3O2.C3H7NO/c1-10-15(17(24)22-12-5-3-2-4-6-12)16(23-18(25)21-10)13-8-7-11(19)9-14(13)20;1-4(2)3-5/h2-9,16H,1H3,(H,22,24)(H2,21,23,25);3H,1-2H3. The Hall–Kier alpha value is -3.75. The summed E-state index contributed by atoms with van der Waals surface area (Å²) in [6.45, 7) is 1.55. The van der Waals surface area contributed by atoms with Gasteiger partial charge in [0.25, 0.3) is 5.91 Å². The molecule has 1 aliphatic rings. The number of rotatable bonds is 4. The summed E-state index contributed by atoms with van der Waals surface area (Å²) in [5.41, 5.74) is 1.01. The van der Waals surface area contributed by atoms with Crippen molar-refractivity contribution in [3.05, 3.63) is 77.0 Å². The van der Waals surface area contributed by atoms with E-state index in [1.807, 2.05) is 0 Å². The van der Waals surface area contributed by atoms with Crippen LogP contribution in [0.1, 0.15) is 18.5 Å². The van der Waals surface area contributed by atoms with Crippen LogP contribution in [-0.4, -0.2) is 37.3 Å². The number of allylic oxidation sites excluding steroid dienone is 1. The minimum Gasteiger partial charge on any atom is -0.351 e. The molecule has 1 heterocycles. The number of urea groups is 1. The molecule has 0 spiro atoms. The molecule has 158 valence electrons. The zero-order chi connectivity index (χ0) is 22.3. The van der Waals surface area contributed by atoms with Crippen molar-refractivity contribution in [2.75, 3.05) is 19.4 Å². The summed E-state index contributed by atoms with van der Waals surface area (Å²) in [6, 6.07) is 10.1. The second kappa shape index (κ2) is 10.1. The average Bonchev–Trinajstić information content (AvgIpc) is 2.68. The predicted octanol–water partition coefficient (Wildman–Crippen LogP) is 2.94. The second-order valence-corrected chi connectivity index (χ2v) is 6.63. The van der Waals surface area contributed by atoms with Gasteiger partial charge in [0.15, 0.2) is 0 Å². The van der Waals surface area contributed by atoms with Crippen molar-refractivity contribution in [3.8, 4) is 0 Å². The summed E-state index contributed by atoms with van der Waals surface area (Å²) in [5.74, 6) is -2.08. The number of nitrogens with zero attached hydrogens (tertiary/aromatic N) is 1. The molecule has 9 heteroatoms. The van der Waals surface area contributed by atoms with Gasteiger partial charge in [-0.2, -0.15) is 0 Å². The van der Waals surface area contributed by atoms with Gasteiger partial charge in [-0.25, -0.2) is 13.6 Å². The lowest BCUT2D eigenvalue weighted by Gasteiger charge is -2.28. The van der Waals surface area contributed by atoms with Gasteiger partial charge in [-0.1, -0.05) is 24.3 Å². The smallest absolute Gasteiger partial charge is 0.319 e. The fraction of sp³-hybridized carbons (Fsp3) is 0.190. The number of hydrogen-bond acceptors (Lipinski definition) is 3. The maximum absolute atomic E-state index is 14.2. The van der Waals surface area contributed by atoms with E-state index in [1.165, 1.54) is 11.0 Å². The Labute approximate surface area is 172 Å². The van der Waals surface area contributed by atoms with E-state index in [0.717, 1.165) is 12.5 Å². The number of carbonyl (C=O) groups excluding carboxylic acids is 3. The highest BCUT2D eigenvalue weighted by Crippen LogP contribution is 2.29. The first-order valence-electron chi connectivity index (χ1n) is 8.94. The molecule has 1 unspecified atom stereocenters. The molecule has 0 saturated carbocycles. The van der Waals surface area contributed by atoms with Crippen LogP contribution in [0.25, 0.3) is 0 Å². The second-order valence-electron chi connectivity index (χ2n) is 6.63. The third kappa shape index (κ3) is 5.87. The molecular weight excluding hydrogens is 394 g/mol. The van der Waals surface area contributed by atoms with Gasteiger partial charge in [-0.3, -0.25) is 9.59 Å². The number of carbonyl (C=O) groups is 3. The summed E-state index contributed by atoms with van der Waals surface area (Å²) in [5, 5.41) is 7.71.